The van der Waals surface area contributed by atoms with Crippen LogP contribution in [0.1, 0.15) is 5.69 Å². The first-order valence-electron chi connectivity index (χ1n) is 7.20. The van der Waals surface area contributed by atoms with Crippen LogP contribution in [-0.4, -0.2) is 26.4 Å². The first-order chi connectivity index (χ1) is 11.8. The third-order valence-electron chi connectivity index (χ3n) is 3.77. The summed E-state index contributed by atoms with van der Waals surface area (Å²) in [5.41, 5.74) is 4.92. The lowest BCUT2D eigenvalue weighted by molar-refractivity contribution is -0.140. The number of aryl methyl sites for hydroxylation is 1. The summed E-state index contributed by atoms with van der Waals surface area (Å²) in [6.07, 6.45) is -3.09. The highest BCUT2D eigenvalue weighted by Crippen LogP contribution is 2.43. The minimum atomic E-state index is -4.68. The summed E-state index contributed by atoms with van der Waals surface area (Å²) in [6.45, 7) is 0.0214. The molecule has 3 heterocycles. The fourth-order valence-electron chi connectivity index (χ4n) is 2.66. The van der Waals surface area contributed by atoms with Crippen molar-refractivity contribution in [3.63, 3.8) is 0 Å². The highest BCUT2D eigenvalue weighted by atomic mass is 19.4. The van der Waals surface area contributed by atoms with Gasteiger partial charge >= 0.3 is 6.18 Å². The Bertz CT molecular complexity index is 961. The van der Waals surface area contributed by atoms with Crippen molar-refractivity contribution in [2.75, 3.05) is 12.5 Å². The quantitative estimate of drug-likeness (QED) is 0.768. The third-order valence-corrected chi connectivity index (χ3v) is 3.77. The lowest BCUT2D eigenvalue weighted by atomic mass is 10.0. The number of benzene rings is 1. The molecule has 0 atom stereocenters. The van der Waals surface area contributed by atoms with Crippen LogP contribution in [0.25, 0.3) is 16.9 Å². The van der Waals surface area contributed by atoms with Gasteiger partial charge in [0.05, 0.1) is 5.56 Å². The van der Waals surface area contributed by atoms with Crippen LogP contribution in [0.5, 0.6) is 11.5 Å². The van der Waals surface area contributed by atoms with Gasteiger partial charge in [-0.15, -0.1) is 0 Å². The van der Waals surface area contributed by atoms with E-state index in [4.69, 9.17) is 15.2 Å². The van der Waals surface area contributed by atoms with Gasteiger partial charge in [0.2, 0.25) is 6.79 Å². The molecule has 3 aromatic rings. The van der Waals surface area contributed by atoms with Gasteiger partial charge in [-0.25, -0.2) is 0 Å². The van der Waals surface area contributed by atoms with Crippen molar-refractivity contribution < 1.29 is 22.6 Å². The standard InChI is InChI=1S/C15H12F3N5O2/c1-22-5-4-11(20-22)23-14(19)12(13(21-23)15(16,17)18)8-2-3-9-10(6-8)25-7-24-9/h2-6H,7,19H2,1H3. The largest absolute Gasteiger partial charge is 0.454 e. The molecule has 0 saturated heterocycles. The van der Waals surface area contributed by atoms with Crippen LogP contribution in [-0.2, 0) is 13.2 Å². The summed E-state index contributed by atoms with van der Waals surface area (Å²) in [5, 5.41) is 7.71. The molecule has 25 heavy (non-hydrogen) atoms. The molecule has 2 N–H and O–H groups in total. The SMILES string of the molecule is Cn1ccc(-n2nc(C(F)(F)F)c(-c3ccc4c(c3)OCO4)c2N)n1. The second kappa shape index (κ2) is 5.16. The van der Waals surface area contributed by atoms with Crippen LogP contribution in [0.15, 0.2) is 30.5 Å². The zero-order valence-corrected chi connectivity index (χ0v) is 12.9. The predicted molar refractivity (Wildman–Crippen MR) is 81.3 cm³/mol. The molecule has 1 aliphatic rings. The fraction of sp³-hybridized carbons (Fsp3) is 0.200. The molecule has 0 bridgehead atoms. The van der Waals surface area contributed by atoms with Crippen molar-refractivity contribution in [2.24, 2.45) is 7.05 Å². The first-order valence-corrected chi connectivity index (χ1v) is 7.20. The molecule has 0 amide bonds. The molecular formula is C15H12F3N5O2. The van der Waals surface area contributed by atoms with Gasteiger partial charge in [0.25, 0.3) is 0 Å². The molecular weight excluding hydrogens is 339 g/mol. The number of hydrogen-bond acceptors (Lipinski definition) is 5. The van der Waals surface area contributed by atoms with Crippen LogP contribution in [0.3, 0.4) is 0 Å². The molecule has 10 heteroatoms. The molecule has 1 aliphatic heterocycles. The van der Waals surface area contributed by atoms with E-state index in [9.17, 15) is 13.2 Å². The summed E-state index contributed by atoms with van der Waals surface area (Å²) >= 11 is 0. The van der Waals surface area contributed by atoms with E-state index in [2.05, 4.69) is 10.2 Å². The van der Waals surface area contributed by atoms with Gasteiger partial charge in [-0.1, -0.05) is 6.07 Å². The first kappa shape index (κ1) is 15.4. The number of alkyl halides is 3. The van der Waals surface area contributed by atoms with Crippen molar-refractivity contribution in [3.8, 4) is 28.4 Å². The van der Waals surface area contributed by atoms with Crippen molar-refractivity contribution in [2.45, 2.75) is 6.18 Å². The lowest BCUT2D eigenvalue weighted by Crippen LogP contribution is -2.09. The fourth-order valence-corrected chi connectivity index (χ4v) is 2.66. The molecule has 2 aromatic heterocycles. The Morgan fingerprint density at radius 2 is 1.88 bits per heavy atom. The minimum Gasteiger partial charge on any atom is -0.454 e. The van der Waals surface area contributed by atoms with Crippen LogP contribution in [0, 0.1) is 0 Å². The van der Waals surface area contributed by atoms with E-state index >= 15 is 0 Å². The second-order valence-electron chi connectivity index (χ2n) is 5.43. The maximum Gasteiger partial charge on any atom is 0.435 e. The van der Waals surface area contributed by atoms with Gasteiger partial charge in [-0.3, -0.25) is 4.68 Å². The Kier molecular flexibility index (Phi) is 3.17. The van der Waals surface area contributed by atoms with Crippen molar-refractivity contribution in [1.29, 1.82) is 0 Å². The smallest absolute Gasteiger partial charge is 0.435 e. The van der Waals surface area contributed by atoms with E-state index < -0.39 is 11.9 Å². The Hall–Kier alpha value is -3.17. The van der Waals surface area contributed by atoms with Gasteiger partial charge in [-0.2, -0.15) is 28.1 Å². The van der Waals surface area contributed by atoms with E-state index in [0.29, 0.717) is 11.5 Å². The van der Waals surface area contributed by atoms with Gasteiger partial charge < -0.3 is 15.2 Å². The Morgan fingerprint density at radius 3 is 2.56 bits per heavy atom. The number of ether oxygens (including phenoxy) is 2. The summed E-state index contributed by atoms with van der Waals surface area (Å²) in [5.74, 6) is 0.853. The number of fused-ring (bicyclic) bond motifs is 1. The average molecular weight is 351 g/mol. The highest BCUT2D eigenvalue weighted by Gasteiger charge is 2.40. The number of aromatic nitrogens is 4. The molecule has 0 fully saturated rings. The number of halogens is 3. The molecule has 1 aromatic carbocycles. The number of anilines is 1. The van der Waals surface area contributed by atoms with Gasteiger partial charge in [0, 0.05) is 19.3 Å². The number of nitrogens with zero attached hydrogens (tertiary/aromatic N) is 4. The second-order valence-corrected chi connectivity index (χ2v) is 5.43. The Morgan fingerprint density at radius 1 is 1.12 bits per heavy atom. The van der Waals surface area contributed by atoms with Crippen LogP contribution in [0.2, 0.25) is 0 Å². The van der Waals surface area contributed by atoms with Crippen molar-refractivity contribution in [3.05, 3.63) is 36.2 Å². The molecule has 0 spiro atoms. The van der Waals surface area contributed by atoms with E-state index in [1.165, 1.54) is 28.9 Å². The van der Waals surface area contributed by atoms with E-state index in [1.54, 1.807) is 13.2 Å². The maximum absolute atomic E-state index is 13.5. The van der Waals surface area contributed by atoms with Crippen molar-refractivity contribution >= 4 is 5.82 Å². The van der Waals surface area contributed by atoms with Crippen LogP contribution in [0.4, 0.5) is 19.0 Å². The van der Waals surface area contributed by atoms with E-state index in [-0.39, 0.29) is 29.6 Å². The normalized spacial score (nSPS) is 13.4. The third kappa shape index (κ3) is 2.46. The summed E-state index contributed by atoms with van der Waals surface area (Å²) in [7, 11) is 1.65. The van der Waals surface area contributed by atoms with Gasteiger partial charge in [-0.05, 0) is 17.7 Å². The number of nitrogen functional groups attached to an aromatic ring is 1. The van der Waals surface area contributed by atoms with Crippen LogP contribution < -0.4 is 15.2 Å². The summed E-state index contributed by atoms with van der Waals surface area (Å²) in [4.78, 5) is 0. The van der Waals surface area contributed by atoms with Crippen LogP contribution >= 0.6 is 0 Å². The molecule has 7 nitrogen and oxygen atoms in total. The molecule has 0 unspecified atom stereocenters. The Balaban J connectivity index is 1.93. The summed E-state index contributed by atoms with van der Waals surface area (Å²) < 4.78 is 53.4. The lowest BCUT2D eigenvalue weighted by Gasteiger charge is -2.07. The molecule has 130 valence electrons. The van der Waals surface area contributed by atoms with E-state index in [1.807, 2.05) is 0 Å². The predicted octanol–water partition coefficient (Wildman–Crippen LogP) is 2.60. The number of hydrogen-bond donors (Lipinski definition) is 1. The topological polar surface area (TPSA) is 80.1 Å². The van der Waals surface area contributed by atoms with E-state index in [0.717, 1.165) is 4.68 Å². The van der Waals surface area contributed by atoms with Gasteiger partial charge in [0.15, 0.2) is 23.0 Å². The zero-order valence-electron chi connectivity index (χ0n) is 12.9. The van der Waals surface area contributed by atoms with Crippen molar-refractivity contribution in [1.82, 2.24) is 19.6 Å². The molecule has 0 saturated carbocycles. The molecule has 0 aliphatic carbocycles. The monoisotopic (exact) mass is 351 g/mol. The molecule has 4 rings (SSSR count). The number of nitrogens with two attached hydrogens (primary N) is 1. The average Bonchev–Trinajstić information content (AvgIpc) is 3.23. The number of rotatable bonds is 2. The summed E-state index contributed by atoms with van der Waals surface area (Å²) in [6, 6.07) is 5.99. The highest BCUT2D eigenvalue weighted by molar-refractivity contribution is 5.79. The maximum atomic E-state index is 13.5. The molecule has 0 radical (unpaired) electrons. The minimum absolute atomic E-state index is 0.0214. The Labute approximate surface area is 139 Å². The zero-order chi connectivity index (χ0) is 17.8. The van der Waals surface area contributed by atoms with Gasteiger partial charge in [0.1, 0.15) is 5.82 Å².